The third-order valence-corrected chi connectivity index (χ3v) is 4.02. The molecule has 5 nitrogen and oxygen atoms in total. The molecule has 0 bridgehead atoms. The molecule has 2 rings (SSSR count). The predicted molar refractivity (Wildman–Crippen MR) is 79.5 cm³/mol. The second-order valence-electron chi connectivity index (χ2n) is 5.88. The summed E-state index contributed by atoms with van der Waals surface area (Å²) in [6.07, 6.45) is 4.70. The summed E-state index contributed by atoms with van der Waals surface area (Å²) >= 11 is 0. The second-order valence-corrected chi connectivity index (χ2v) is 5.88. The molecule has 0 radical (unpaired) electrons. The van der Waals surface area contributed by atoms with Crippen LogP contribution in [0.2, 0.25) is 0 Å². The first kappa shape index (κ1) is 14.3. The topological polar surface area (TPSA) is 36.3 Å². The van der Waals surface area contributed by atoms with Crippen molar-refractivity contribution in [3.05, 3.63) is 11.9 Å². The molecule has 1 heterocycles. The van der Waals surface area contributed by atoms with E-state index in [4.69, 9.17) is 0 Å². The fourth-order valence-corrected chi connectivity index (χ4v) is 2.41. The normalized spacial score (nSPS) is 16.9. The number of imidazole rings is 1. The average Bonchev–Trinajstić information content (AvgIpc) is 3.14. The van der Waals surface area contributed by atoms with Crippen molar-refractivity contribution in [1.29, 1.82) is 0 Å². The van der Waals surface area contributed by atoms with Gasteiger partial charge in [-0.25, -0.2) is 4.98 Å². The number of anilines is 1. The molecule has 1 unspecified atom stereocenters. The van der Waals surface area contributed by atoms with Gasteiger partial charge in [0.05, 0.1) is 11.9 Å². The van der Waals surface area contributed by atoms with E-state index in [0.29, 0.717) is 6.04 Å². The Hall–Kier alpha value is -1.07. The zero-order valence-electron chi connectivity index (χ0n) is 12.8. The SMILES string of the molecule is CC(CNCc1cnc(N(C)C)n1C)N(C)C1CC1. The van der Waals surface area contributed by atoms with E-state index in [1.807, 2.05) is 25.2 Å². The van der Waals surface area contributed by atoms with Crippen molar-refractivity contribution in [1.82, 2.24) is 19.8 Å². The van der Waals surface area contributed by atoms with Crippen molar-refractivity contribution in [3.63, 3.8) is 0 Å². The Labute approximate surface area is 116 Å². The lowest BCUT2D eigenvalue weighted by molar-refractivity contribution is 0.240. The maximum absolute atomic E-state index is 4.42. The third-order valence-electron chi connectivity index (χ3n) is 4.02. The number of likely N-dealkylation sites (N-methyl/N-ethyl adjacent to an activating group) is 1. The largest absolute Gasteiger partial charge is 0.348 e. The van der Waals surface area contributed by atoms with Crippen molar-refractivity contribution < 1.29 is 0 Å². The first-order valence-corrected chi connectivity index (χ1v) is 7.11. The van der Waals surface area contributed by atoms with Crippen LogP contribution in [0.3, 0.4) is 0 Å². The van der Waals surface area contributed by atoms with Crippen molar-refractivity contribution in [3.8, 4) is 0 Å². The molecule has 1 atom stereocenters. The minimum atomic E-state index is 0.592. The molecule has 1 aromatic rings. The summed E-state index contributed by atoms with van der Waals surface area (Å²) in [5.74, 6) is 1.000. The number of rotatable bonds is 7. The molecular weight excluding hydrogens is 238 g/mol. The zero-order chi connectivity index (χ0) is 14.0. The molecule has 1 aliphatic rings. The summed E-state index contributed by atoms with van der Waals surface area (Å²) in [6, 6.07) is 1.42. The van der Waals surface area contributed by atoms with Gasteiger partial charge < -0.3 is 14.8 Å². The lowest BCUT2D eigenvalue weighted by Gasteiger charge is -2.24. The van der Waals surface area contributed by atoms with Gasteiger partial charge in [-0.15, -0.1) is 0 Å². The van der Waals surface area contributed by atoms with Crippen LogP contribution < -0.4 is 10.2 Å². The Morgan fingerprint density at radius 3 is 2.63 bits per heavy atom. The highest BCUT2D eigenvalue weighted by atomic mass is 15.3. The number of nitrogens with one attached hydrogen (secondary N) is 1. The van der Waals surface area contributed by atoms with Crippen molar-refractivity contribution >= 4 is 5.95 Å². The second kappa shape index (κ2) is 5.92. The minimum absolute atomic E-state index is 0.592. The van der Waals surface area contributed by atoms with E-state index < -0.39 is 0 Å². The van der Waals surface area contributed by atoms with Crippen LogP contribution in [0, 0.1) is 0 Å². The summed E-state index contributed by atoms with van der Waals surface area (Å²) in [4.78, 5) is 8.95. The van der Waals surface area contributed by atoms with Crippen LogP contribution in [0.15, 0.2) is 6.20 Å². The van der Waals surface area contributed by atoms with E-state index in [0.717, 1.165) is 25.1 Å². The molecule has 108 valence electrons. The molecule has 0 spiro atoms. The number of aromatic nitrogens is 2. The van der Waals surface area contributed by atoms with Crippen LogP contribution in [0.25, 0.3) is 0 Å². The van der Waals surface area contributed by atoms with Crippen LogP contribution in [-0.2, 0) is 13.6 Å². The number of hydrogen-bond acceptors (Lipinski definition) is 4. The molecule has 1 aliphatic carbocycles. The maximum Gasteiger partial charge on any atom is 0.204 e. The van der Waals surface area contributed by atoms with Gasteiger partial charge in [-0.05, 0) is 26.8 Å². The summed E-state index contributed by atoms with van der Waals surface area (Å²) in [5, 5.41) is 3.54. The lowest BCUT2D eigenvalue weighted by Crippen LogP contribution is -2.39. The van der Waals surface area contributed by atoms with Crippen LogP contribution in [0.4, 0.5) is 5.95 Å². The van der Waals surface area contributed by atoms with Gasteiger partial charge in [0, 0.05) is 46.3 Å². The molecule has 1 N–H and O–H groups in total. The van der Waals surface area contributed by atoms with E-state index in [1.54, 1.807) is 0 Å². The third kappa shape index (κ3) is 3.48. The first-order valence-electron chi connectivity index (χ1n) is 7.11. The van der Waals surface area contributed by atoms with E-state index in [-0.39, 0.29) is 0 Å². The van der Waals surface area contributed by atoms with Gasteiger partial charge in [0.2, 0.25) is 5.95 Å². The fraction of sp³-hybridized carbons (Fsp3) is 0.786. The average molecular weight is 265 g/mol. The lowest BCUT2D eigenvalue weighted by atomic mass is 10.3. The monoisotopic (exact) mass is 265 g/mol. The number of nitrogens with zero attached hydrogens (tertiary/aromatic N) is 4. The Balaban J connectivity index is 1.79. The van der Waals surface area contributed by atoms with E-state index in [1.165, 1.54) is 18.5 Å². The van der Waals surface area contributed by atoms with E-state index in [2.05, 4.69) is 40.8 Å². The Morgan fingerprint density at radius 2 is 2.11 bits per heavy atom. The summed E-state index contributed by atoms with van der Waals surface area (Å²) in [7, 11) is 8.34. The fourth-order valence-electron chi connectivity index (χ4n) is 2.41. The molecule has 1 aromatic heterocycles. The summed E-state index contributed by atoms with van der Waals surface area (Å²) in [6.45, 7) is 4.19. The van der Waals surface area contributed by atoms with Gasteiger partial charge in [-0.1, -0.05) is 0 Å². The Morgan fingerprint density at radius 1 is 1.42 bits per heavy atom. The van der Waals surface area contributed by atoms with Gasteiger partial charge in [-0.3, -0.25) is 4.90 Å². The minimum Gasteiger partial charge on any atom is -0.348 e. The maximum atomic E-state index is 4.42. The highest BCUT2D eigenvalue weighted by Crippen LogP contribution is 2.26. The van der Waals surface area contributed by atoms with Crippen molar-refractivity contribution in [2.24, 2.45) is 7.05 Å². The molecule has 1 saturated carbocycles. The van der Waals surface area contributed by atoms with Gasteiger partial charge in [0.15, 0.2) is 0 Å². The first-order chi connectivity index (χ1) is 9.00. The molecular formula is C14H27N5. The molecule has 0 amide bonds. The van der Waals surface area contributed by atoms with E-state index >= 15 is 0 Å². The van der Waals surface area contributed by atoms with Gasteiger partial charge in [-0.2, -0.15) is 0 Å². The highest BCUT2D eigenvalue weighted by molar-refractivity contribution is 5.30. The quantitative estimate of drug-likeness (QED) is 0.800. The van der Waals surface area contributed by atoms with Crippen LogP contribution in [0.1, 0.15) is 25.5 Å². The standard InChI is InChI=1S/C14H27N5/c1-11(18(4)12-6-7-12)8-15-9-13-10-16-14(17(2)3)19(13)5/h10-12,15H,6-9H2,1-5H3. The van der Waals surface area contributed by atoms with Gasteiger partial charge in [0.25, 0.3) is 0 Å². The molecule has 0 aliphatic heterocycles. The highest BCUT2D eigenvalue weighted by Gasteiger charge is 2.28. The number of hydrogen-bond donors (Lipinski definition) is 1. The molecule has 19 heavy (non-hydrogen) atoms. The smallest absolute Gasteiger partial charge is 0.204 e. The summed E-state index contributed by atoms with van der Waals surface area (Å²) in [5.41, 5.74) is 1.23. The van der Waals surface area contributed by atoms with Crippen LogP contribution >= 0.6 is 0 Å². The predicted octanol–water partition coefficient (Wildman–Crippen LogP) is 1.06. The van der Waals surface area contributed by atoms with Gasteiger partial charge in [0.1, 0.15) is 0 Å². The van der Waals surface area contributed by atoms with Crippen molar-refractivity contribution in [2.45, 2.75) is 38.4 Å². The van der Waals surface area contributed by atoms with Crippen LogP contribution in [-0.4, -0.2) is 54.2 Å². The summed E-state index contributed by atoms with van der Waals surface area (Å²) < 4.78 is 2.14. The molecule has 1 fully saturated rings. The van der Waals surface area contributed by atoms with Gasteiger partial charge >= 0.3 is 0 Å². The Bertz CT molecular complexity index is 408. The van der Waals surface area contributed by atoms with Crippen LogP contribution in [0.5, 0.6) is 0 Å². The molecule has 5 heteroatoms. The van der Waals surface area contributed by atoms with Crippen molar-refractivity contribution in [2.75, 3.05) is 32.6 Å². The van der Waals surface area contributed by atoms with E-state index in [9.17, 15) is 0 Å². The molecule has 0 aromatic carbocycles. The Kier molecular flexibility index (Phi) is 4.47. The zero-order valence-corrected chi connectivity index (χ0v) is 12.8. The molecule has 0 saturated heterocycles.